The summed E-state index contributed by atoms with van der Waals surface area (Å²) in [6, 6.07) is 11.9. The number of hydrogen-bond donors (Lipinski definition) is 0. The molecule has 0 fully saturated rings. The molecule has 3 heterocycles. The molecule has 0 amide bonds. The highest BCUT2D eigenvalue weighted by molar-refractivity contribution is 5.77. The summed E-state index contributed by atoms with van der Waals surface area (Å²) < 4.78 is 7.52. The van der Waals surface area contributed by atoms with Crippen molar-refractivity contribution in [3.63, 3.8) is 0 Å². The Morgan fingerprint density at radius 3 is 2.73 bits per heavy atom. The lowest BCUT2D eigenvalue weighted by Gasteiger charge is -2.02. The van der Waals surface area contributed by atoms with Crippen LogP contribution in [0.25, 0.3) is 16.7 Å². The quantitative estimate of drug-likeness (QED) is 0.315. The number of fused-ring (bicyclic) bond motifs is 1. The molecule has 0 spiro atoms. The van der Waals surface area contributed by atoms with Crippen molar-refractivity contribution in [2.75, 3.05) is 0 Å². The predicted octanol–water partition coefficient (Wildman–Crippen LogP) is 1.97. The molecule has 3 aromatic heterocycles. The number of nitrogens with zero attached hydrogens (tertiary/aromatic N) is 6. The molecule has 10 heteroatoms. The second kappa shape index (κ2) is 6.09. The summed E-state index contributed by atoms with van der Waals surface area (Å²) in [6.45, 7) is 0. The minimum Gasteiger partial charge on any atom is -0.400 e. The van der Waals surface area contributed by atoms with Gasteiger partial charge in [0, 0.05) is 0 Å². The highest BCUT2D eigenvalue weighted by Gasteiger charge is 2.12. The largest absolute Gasteiger partial charge is 0.433 e. The molecule has 0 saturated heterocycles. The summed E-state index contributed by atoms with van der Waals surface area (Å²) in [5.74, 6) is -0.264. The van der Waals surface area contributed by atoms with Crippen LogP contribution in [0.15, 0.2) is 69.3 Å². The van der Waals surface area contributed by atoms with Crippen LogP contribution in [0.4, 0.5) is 5.88 Å². The Morgan fingerprint density at radius 1 is 1.19 bits per heavy atom. The normalized spacial score (nSPS) is 11.4. The molecule has 0 radical (unpaired) electrons. The van der Waals surface area contributed by atoms with Gasteiger partial charge in [-0.2, -0.15) is 14.9 Å². The van der Waals surface area contributed by atoms with Crippen LogP contribution in [0.3, 0.4) is 0 Å². The third-order valence-corrected chi connectivity index (χ3v) is 3.57. The van der Waals surface area contributed by atoms with Gasteiger partial charge >= 0.3 is 5.88 Å². The molecule has 4 rings (SSSR count). The Bertz CT molecular complexity index is 1190. The van der Waals surface area contributed by atoms with Crippen LogP contribution in [-0.2, 0) is 0 Å². The van der Waals surface area contributed by atoms with Gasteiger partial charge in [-0.25, -0.2) is 9.67 Å². The molecule has 10 nitrogen and oxygen atoms in total. The van der Waals surface area contributed by atoms with Gasteiger partial charge in [0.2, 0.25) is 0 Å². The Hall–Kier alpha value is -4.08. The van der Waals surface area contributed by atoms with E-state index in [0.717, 1.165) is 10.4 Å². The number of rotatable bonds is 4. The first-order chi connectivity index (χ1) is 12.6. The van der Waals surface area contributed by atoms with E-state index in [1.165, 1.54) is 30.9 Å². The van der Waals surface area contributed by atoms with Gasteiger partial charge in [0.15, 0.2) is 11.4 Å². The fourth-order valence-corrected chi connectivity index (χ4v) is 2.37. The van der Waals surface area contributed by atoms with Gasteiger partial charge in [-0.3, -0.25) is 14.9 Å². The Morgan fingerprint density at radius 2 is 2.00 bits per heavy atom. The molecule has 0 aliphatic carbocycles. The number of hydrogen-bond acceptors (Lipinski definition) is 7. The van der Waals surface area contributed by atoms with E-state index in [1.54, 1.807) is 4.68 Å². The van der Waals surface area contributed by atoms with E-state index < -0.39 is 16.4 Å². The monoisotopic (exact) mass is 350 g/mol. The first kappa shape index (κ1) is 15.4. The van der Waals surface area contributed by atoms with Gasteiger partial charge in [0.1, 0.15) is 16.6 Å². The van der Waals surface area contributed by atoms with E-state index in [9.17, 15) is 14.9 Å². The topological polar surface area (TPSA) is 121 Å². The zero-order valence-corrected chi connectivity index (χ0v) is 13.1. The van der Waals surface area contributed by atoms with Crippen molar-refractivity contribution in [2.45, 2.75) is 0 Å². The van der Waals surface area contributed by atoms with E-state index in [-0.39, 0.29) is 5.76 Å². The Balaban J connectivity index is 1.71. The van der Waals surface area contributed by atoms with E-state index in [2.05, 4.69) is 15.2 Å². The molecule has 0 N–H and O–H groups in total. The van der Waals surface area contributed by atoms with Gasteiger partial charge in [-0.05, 0) is 18.2 Å². The molecule has 0 bridgehead atoms. The fourth-order valence-electron chi connectivity index (χ4n) is 2.37. The highest BCUT2D eigenvalue weighted by atomic mass is 16.6. The van der Waals surface area contributed by atoms with Crippen LogP contribution in [0, 0.1) is 10.1 Å². The predicted molar refractivity (Wildman–Crippen MR) is 91.5 cm³/mol. The number of para-hydroxylation sites is 1. The van der Waals surface area contributed by atoms with Crippen molar-refractivity contribution < 1.29 is 9.34 Å². The smallest absolute Gasteiger partial charge is 0.400 e. The molecule has 26 heavy (non-hydrogen) atoms. The first-order valence-electron chi connectivity index (χ1n) is 7.43. The second-order valence-electron chi connectivity index (χ2n) is 5.20. The van der Waals surface area contributed by atoms with Crippen LogP contribution >= 0.6 is 0 Å². The van der Waals surface area contributed by atoms with Crippen LogP contribution < -0.4 is 5.56 Å². The molecule has 0 unspecified atom stereocenters. The summed E-state index contributed by atoms with van der Waals surface area (Å²) in [5.41, 5.74) is 0.759. The third kappa shape index (κ3) is 2.65. The van der Waals surface area contributed by atoms with Crippen LogP contribution in [0.5, 0.6) is 0 Å². The van der Waals surface area contributed by atoms with Crippen LogP contribution in [0.1, 0.15) is 5.76 Å². The second-order valence-corrected chi connectivity index (χ2v) is 5.20. The summed E-state index contributed by atoms with van der Waals surface area (Å²) in [5, 5.41) is 19.0. The van der Waals surface area contributed by atoms with Crippen molar-refractivity contribution in [1.29, 1.82) is 0 Å². The summed E-state index contributed by atoms with van der Waals surface area (Å²) in [7, 11) is 0. The zero-order valence-electron chi connectivity index (χ0n) is 13.1. The van der Waals surface area contributed by atoms with Gasteiger partial charge in [0.25, 0.3) is 5.56 Å². The van der Waals surface area contributed by atoms with E-state index in [4.69, 9.17) is 4.42 Å². The Labute approximate surface area is 144 Å². The minimum absolute atomic E-state index is 0.142. The zero-order chi connectivity index (χ0) is 18.1. The van der Waals surface area contributed by atoms with E-state index in [1.807, 2.05) is 30.3 Å². The number of nitro groups is 1. The van der Waals surface area contributed by atoms with Crippen molar-refractivity contribution >= 4 is 23.1 Å². The maximum Gasteiger partial charge on any atom is 0.433 e. The van der Waals surface area contributed by atoms with Gasteiger partial charge in [-0.1, -0.05) is 18.2 Å². The maximum atomic E-state index is 12.5. The lowest BCUT2D eigenvalue weighted by molar-refractivity contribution is -0.402. The number of aromatic nitrogens is 4. The molecule has 128 valence electrons. The molecule has 1 aromatic carbocycles. The van der Waals surface area contributed by atoms with Gasteiger partial charge in [-0.15, -0.1) is 0 Å². The molecule has 0 aliphatic heterocycles. The maximum absolute atomic E-state index is 12.5. The van der Waals surface area contributed by atoms with Crippen molar-refractivity contribution in [3.8, 4) is 5.69 Å². The fraction of sp³-hybridized carbons (Fsp3) is 0. The molecule has 4 aromatic rings. The van der Waals surface area contributed by atoms with E-state index >= 15 is 0 Å². The molecule has 0 aliphatic rings. The van der Waals surface area contributed by atoms with Crippen LogP contribution in [-0.4, -0.2) is 30.6 Å². The summed E-state index contributed by atoms with van der Waals surface area (Å²) >= 11 is 0. The SMILES string of the molecule is O=c1c2cnn(-c3ccccc3)c2ncn1/N=C\c1ccc([N+](=O)[O-])o1. The number of furan rings is 1. The van der Waals surface area contributed by atoms with Crippen molar-refractivity contribution in [2.24, 2.45) is 5.10 Å². The standard InChI is InChI=1S/C16H10N6O4/c23-16-13-9-19-21(11-4-2-1-3-5-11)15(13)17-10-20(16)18-8-12-6-7-14(26-12)22(24)25/h1-10H/b18-8-. The minimum atomic E-state index is -0.658. The molecule has 0 atom stereocenters. The van der Waals surface area contributed by atoms with Crippen molar-refractivity contribution in [3.05, 3.63) is 81.2 Å². The average Bonchev–Trinajstić information content (AvgIpc) is 3.29. The number of benzene rings is 1. The lowest BCUT2D eigenvalue weighted by Crippen LogP contribution is -2.17. The van der Waals surface area contributed by atoms with Crippen molar-refractivity contribution in [1.82, 2.24) is 19.4 Å². The molecular formula is C16H10N6O4. The average molecular weight is 350 g/mol. The van der Waals surface area contributed by atoms with Crippen LogP contribution in [0.2, 0.25) is 0 Å². The molecule has 0 saturated carbocycles. The molecular weight excluding hydrogens is 340 g/mol. The van der Waals surface area contributed by atoms with Gasteiger partial charge < -0.3 is 4.42 Å². The summed E-state index contributed by atoms with van der Waals surface area (Å²) in [4.78, 5) is 26.7. The van der Waals surface area contributed by atoms with Gasteiger partial charge in [0.05, 0.1) is 24.2 Å². The Kier molecular flexibility index (Phi) is 3.62. The summed E-state index contributed by atoms with van der Waals surface area (Å²) in [6.07, 6.45) is 3.87. The highest BCUT2D eigenvalue weighted by Crippen LogP contribution is 2.14. The third-order valence-electron chi connectivity index (χ3n) is 3.57. The van der Waals surface area contributed by atoms with E-state index in [0.29, 0.717) is 11.0 Å². The lowest BCUT2D eigenvalue weighted by atomic mass is 10.3. The first-order valence-corrected chi connectivity index (χ1v) is 7.43.